The molecule has 1 saturated heterocycles. The highest BCUT2D eigenvalue weighted by Crippen LogP contribution is 2.36. The number of aliphatic hydroxyl groups is 1. The Morgan fingerprint density at radius 3 is 2.60 bits per heavy atom. The van der Waals surface area contributed by atoms with E-state index in [1.165, 1.54) is 0 Å². The van der Waals surface area contributed by atoms with Gasteiger partial charge in [0.15, 0.2) is 0 Å². The number of amides is 1. The van der Waals surface area contributed by atoms with E-state index >= 15 is 0 Å². The van der Waals surface area contributed by atoms with Gasteiger partial charge < -0.3 is 14.5 Å². The number of carbonyl (C=O) groups excluding carboxylic acids is 1. The van der Waals surface area contributed by atoms with Crippen LogP contribution in [-0.2, 0) is 4.79 Å². The Morgan fingerprint density at radius 2 is 2.07 bits per heavy atom. The van der Waals surface area contributed by atoms with E-state index in [1.54, 1.807) is 31.7 Å². The second-order valence-electron chi connectivity index (χ2n) is 9.24. The number of alkyl halides is 3. The predicted molar refractivity (Wildman–Crippen MR) is 104 cm³/mol. The summed E-state index contributed by atoms with van der Waals surface area (Å²) in [5.74, 6) is -0.482. The summed E-state index contributed by atoms with van der Waals surface area (Å²) in [6.07, 6.45) is -4.60. The van der Waals surface area contributed by atoms with Crippen LogP contribution in [-0.4, -0.2) is 68.7 Å². The summed E-state index contributed by atoms with van der Waals surface area (Å²) in [5, 5.41) is 19.4. The normalized spacial score (nSPS) is 25.2. The Labute approximate surface area is 173 Å². The lowest BCUT2D eigenvalue weighted by Gasteiger charge is -2.31. The predicted octanol–water partition coefficient (Wildman–Crippen LogP) is 3.09. The maximum atomic E-state index is 13.5. The summed E-state index contributed by atoms with van der Waals surface area (Å²) in [4.78, 5) is 15.0. The van der Waals surface area contributed by atoms with Crippen molar-refractivity contribution < 1.29 is 27.6 Å². The molecule has 0 radical (unpaired) electrons. The highest BCUT2D eigenvalue weighted by molar-refractivity contribution is 5.96. The summed E-state index contributed by atoms with van der Waals surface area (Å²) in [7, 11) is 0. The lowest BCUT2D eigenvalue weighted by Crippen LogP contribution is -2.45. The van der Waals surface area contributed by atoms with Crippen LogP contribution in [0.25, 0.3) is 0 Å². The molecule has 1 amide bonds. The smallest absolute Gasteiger partial charge is 0.391 e. The quantitative estimate of drug-likeness (QED) is 0.776. The number of hydrogen-bond acceptors (Lipinski definition) is 6. The molecule has 1 aromatic rings. The molecule has 1 aromatic heterocycles. The summed E-state index contributed by atoms with van der Waals surface area (Å²) in [5.41, 5.74) is 0.323. The molecular formula is C20H29F3N4O3. The summed E-state index contributed by atoms with van der Waals surface area (Å²) in [6, 6.07) is 1.17. The summed E-state index contributed by atoms with van der Waals surface area (Å²) in [6.45, 7) is 7.90. The number of aliphatic hydroxyl groups excluding tert-OH is 1. The van der Waals surface area contributed by atoms with Crippen LogP contribution >= 0.6 is 0 Å². The van der Waals surface area contributed by atoms with Gasteiger partial charge in [0.25, 0.3) is 0 Å². The van der Waals surface area contributed by atoms with Crippen molar-refractivity contribution in [1.29, 1.82) is 0 Å². The van der Waals surface area contributed by atoms with Gasteiger partial charge in [-0.15, -0.1) is 0 Å². The molecule has 1 N–H and O–H groups in total. The van der Waals surface area contributed by atoms with Gasteiger partial charge >= 0.3 is 6.18 Å². The second-order valence-corrected chi connectivity index (χ2v) is 9.24. The first-order chi connectivity index (χ1) is 13.8. The van der Waals surface area contributed by atoms with Crippen molar-refractivity contribution in [2.45, 2.75) is 77.2 Å². The lowest BCUT2D eigenvalue weighted by molar-refractivity contribution is -0.154. The van der Waals surface area contributed by atoms with E-state index in [0.717, 1.165) is 5.01 Å². The third-order valence-electron chi connectivity index (χ3n) is 5.72. The first-order valence-electron chi connectivity index (χ1n) is 10.1. The van der Waals surface area contributed by atoms with Crippen LogP contribution in [0.3, 0.4) is 0 Å². The molecular weight excluding hydrogens is 401 g/mol. The number of hydrogen-bond donors (Lipinski definition) is 1. The van der Waals surface area contributed by atoms with E-state index < -0.39 is 36.3 Å². The van der Waals surface area contributed by atoms with Crippen molar-refractivity contribution in [2.75, 3.05) is 13.1 Å². The van der Waals surface area contributed by atoms with Gasteiger partial charge in [-0.05, 0) is 26.7 Å². The largest absolute Gasteiger partial charge is 0.407 e. The first-order valence-corrected chi connectivity index (χ1v) is 10.1. The summed E-state index contributed by atoms with van der Waals surface area (Å²) >= 11 is 0. The van der Waals surface area contributed by atoms with E-state index in [9.17, 15) is 23.1 Å². The molecule has 2 aliphatic heterocycles. The van der Waals surface area contributed by atoms with Crippen LogP contribution in [0.15, 0.2) is 15.7 Å². The number of carbonyl (C=O) groups is 1. The summed E-state index contributed by atoms with van der Waals surface area (Å²) < 4.78 is 44.3. The van der Waals surface area contributed by atoms with E-state index in [0.29, 0.717) is 17.2 Å². The number of β-amino-alcohol motifs (C(OH)–C–C–N with tert-alkyl or cyclic N) is 1. The first kappa shape index (κ1) is 22.6. The standard InChI is InChI=1S/C20H29F3N4O3/c1-11(2)17(16-6-12(3)25-30-16)18(29)26-9-13(28)7-15(26)14-8-19(4,5)27(24-14)10-20(21,22)23/h6,11,13,15,17,28H,7-10H2,1-5H3/t13-,15+,17-/m1/s1. The average molecular weight is 430 g/mol. The van der Waals surface area contributed by atoms with Crippen LogP contribution in [0.1, 0.15) is 57.9 Å². The van der Waals surface area contributed by atoms with E-state index in [1.807, 2.05) is 13.8 Å². The molecule has 3 heterocycles. The molecule has 3 atom stereocenters. The Kier molecular flexibility index (Phi) is 5.92. The fraction of sp³-hybridized carbons (Fsp3) is 0.750. The fourth-order valence-electron chi connectivity index (χ4n) is 4.28. The van der Waals surface area contributed by atoms with Gasteiger partial charge in [-0.25, -0.2) is 0 Å². The zero-order valence-electron chi connectivity index (χ0n) is 17.9. The maximum absolute atomic E-state index is 13.5. The van der Waals surface area contributed by atoms with Crippen LogP contribution < -0.4 is 0 Å². The molecule has 0 aliphatic carbocycles. The average Bonchev–Trinajstić information content (AvgIpc) is 3.24. The van der Waals surface area contributed by atoms with Crippen molar-refractivity contribution in [3.8, 4) is 0 Å². The lowest BCUT2D eigenvalue weighted by atomic mass is 9.90. The second kappa shape index (κ2) is 7.86. The van der Waals surface area contributed by atoms with Gasteiger partial charge in [0.05, 0.1) is 29.1 Å². The molecule has 3 rings (SSSR count). The minimum atomic E-state index is -4.38. The number of nitrogens with zero attached hydrogens (tertiary/aromatic N) is 4. The minimum Gasteiger partial charge on any atom is -0.391 e. The molecule has 168 valence electrons. The monoisotopic (exact) mass is 430 g/mol. The van der Waals surface area contributed by atoms with Gasteiger partial charge in [-0.1, -0.05) is 19.0 Å². The number of aryl methyl sites for hydroxylation is 1. The molecule has 0 saturated carbocycles. The van der Waals surface area contributed by atoms with Gasteiger partial charge in [0, 0.05) is 25.5 Å². The molecule has 0 aromatic carbocycles. The topological polar surface area (TPSA) is 82.2 Å². The van der Waals surface area contributed by atoms with Gasteiger partial charge in [0.1, 0.15) is 18.2 Å². The molecule has 30 heavy (non-hydrogen) atoms. The van der Waals surface area contributed by atoms with E-state index in [-0.39, 0.29) is 31.2 Å². The third kappa shape index (κ3) is 4.63. The van der Waals surface area contributed by atoms with Crippen LogP contribution in [0.2, 0.25) is 0 Å². The highest BCUT2D eigenvalue weighted by atomic mass is 19.4. The van der Waals surface area contributed by atoms with Crippen LogP contribution in [0.5, 0.6) is 0 Å². The molecule has 0 unspecified atom stereocenters. The zero-order chi connectivity index (χ0) is 22.4. The van der Waals surface area contributed by atoms with Gasteiger partial charge in [-0.3, -0.25) is 9.80 Å². The third-order valence-corrected chi connectivity index (χ3v) is 5.72. The van der Waals surface area contributed by atoms with Crippen molar-refractivity contribution in [2.24, 2.45) is 11.0 Å². The van der Waals surface area contributed by atoms with Crippen molar-refractivity contribution in [1.82, 2.24) is 15.1 Å². The molecule has 0 spiro atoms. The Bertz CT molecular complexity index is 818. The van der Waals surface area contributed by atoms with E-state index in [2.05, 4.69) is 10.3 Å². The Morgan fingerprint density at radius 1 is 1.40 bits per heavy atom. The van der Waals surface area contributed by atoms with Crippen LogP contribution in [0.4, 0.5) is 13.2 Å². The molecule has 7 nitrogen and oxygen atoms in total. The number of likely N-dealkylation sites (tertiary alicyclic amines) is 1. The highest BCUT2D eigenvalue weighted by Gasteiger charge is 2.47. The minimum absolute atomic E-state index is 0.0908. The maximum Gasteiger partial charge on any atom is 0.407 e. The zero-order valence-corrected chi connectivity index (χ0v) is 17.9. The van der Waals surface area contributed by atoms with Crippen molar-refractivity contribution in [3.05, 3.63) is 17.5 Å². The number of halogens is 3. The van der Waals surface area contributed by atoms with Gasteiger partial charge in [-0.2, -0.15) is 18.3 Å². The molecule has 0 bridgehead atoms. The van der Waals surface area contributed by atoms with Crippen molar-refractivity contribution in [3.63, 3.8) is 0 Å². The molecule has 10 heteroatoms. The molecule has 2 aliphatic rings. The number of rotatable bonds is 5. The van der Waals surface area contributed by atoms with E-state index in [4.69, 9.17) is 4.52 Å². The Balaban J connectivity index is 1.88. The van der Waals surface area contributed by atoms with Crippen molar-refractivity contribution >= 4 is 11.6 Å². The van der Waals surface area contributed by atoms with Gasteiger partial charge in [0.2, 0.25) is 5.91 Å². The SMILES string of the molecule is Cc1cc([C@H](C(=O)N2C[C@H](O)C[C@H]2C2=NN(CC(F)(F)F)C(C)(C)C2)C(C)C)on1. The van der Waals surface area contributed by atoms with Crippen LogP contribution in [0, 0.1) is 12.8 Å². The fourth-order valence-corrected chi connectivity index (χ4v) is 4.28. The Hall–Kier alpha value is -2.10. The number of aromatic nitrogens is 1. The number of hydrazone groups is 1. The molecule has 1 fully saturated rings.